The number of ether oxygens (including phenoxy) is 3. The van der Waals surface area contributed by atoms with E-state index in [4.69, 9.17) is 14.2 Å². The Bertz CT molecular complexity index is 308. The maximum atomic E-state index is 11.5. The molecule has 2 aliphatic rings. The van der Waals surface area contributed by atoms with Crippen LogP contribution in [0.1, 0.15) is 64.2 Å². The molecule has 122 valence electrons. The minimum absolute atomic E-state index is 0.211. The molecule has 4 heteroatoms. The second-order valence-corrected chi connectivity index (χ2v) is 6.49. The van der Waals surface area contributed by atoms with Gasteiger partial charge in [-0.15, -0.1) is 0 Å². The van der Waals surface area contributed by atoms with Gasteiger partial charge < -0.3 is 14.2 Å². The Kier molecular flexibility index (Phi) is 6.97. The van der Waals surface area contributed by atoms with Crippen LogP contribution in [0.25, 0.3) is 0 Å². The lowest BCUT2D eigenvalue weighted by molar-refractivity contribution is -0.147. The Morgan fingerprint density at radius 1 is 1.10 bits per heavy atom. The second kappa shape index (κ2) is 8.74. The third kappa shape index (κ3) is 6.35. The number of methoxy groups -OCH3 is 1. The Balaban J connectivity index is 1.31. The van der Waals surface area contributed by atoms with Crippen LogP contribution < -0.4 is 0 Å². The lowest BCUT2D eigenvalue weighted by atomic mass is 10.0. The van der Waals surface area contributed by atoms with Gasteiger partial charge in [0.05, 0.1) is 13.7 Å². The van der Waals surface area contributed by atoms with Crippen molar-refractivity contribution in [1.29, 1.82) is 0 Å². The van der Waals surface area contributed by atoms with Crippen molar-refractivity contribution >= 4 is 5.97 Å². The van der Waals surface area contributed by atoms with Crippen LogP contribution >= 0.6 is 0 Å². The summed E-state index contributed by atoms with van der Waals surface area (Å²) in [5.74, 6) is 0.839. The fraction of sp³-hybridized carbons (Fsp3) is 0.941. The minimum Gasteiger partial charge on any atom is -0.467 e. The van der Waals surface area contributed by atoms with Crippen LogP contribution in [0.4, 0.5) is 0 Å². The smallest absolute Gasteiger partial charge is 0.340 e. The number of rotatable bonds is 13. The van der Waals surface area contributed by atoms with Crippen molar-refractivity contribution in [1.82, 2.24) is 0 Å². The van der Waals surface area contributed by atoms with Crippen LogP contribution in [0.5, 0.6) is 0 Å². The fourth-order valence-corrected chi connectivity index (χ4v) is 2.75. The summed E-state index contributed by atoms with van der Waals surface area (Å²) in [6.45, 7) is 2.33. The summed E-state index contributed by atoms with van der Waals surface area (Å²) in [4.78, 5) is 11.5. The van der Waals surface area contributed by atoms with Gasteiger partial charge in [0.2, 0.25) is 0 Å². The average Bonchev–Trinajstić information content (AvgIpc) is 3.39. The highest BCUT2D eigenvalue weighted by atomic mass is 16.6. The quantitative estimate of drug-likeness (QED) is 0.297. The van der Waals surface area contributed by atoms with Gasteiger partial charge in [-0.2, -0.15) is 0 Å². The zero-order valence-electron chi connectivity index (χ0n) is 13.4. The van der Waals surface area contributed by atoms with Gasteiger partial charge in [0.1, 0.15) is 0 Å². The molecule has 1 unspecified atom stereocenters. The highest BCUT2D eigenvalue weighted by Gasteiger charge is 2.52. The molecule has 1 aliphatic carbocycles. The number of epoxide rings is 1. The number of hydrogen-bond donors (Lipinski definition) is 0. The number of esters is 1. The van der Waals surface area contributed by atoms with Gasteiger partial charge in [0.15, 0.2) is 5.60 Å². The Hall–Kier alpha value is -0.610. The largest absolute Gasteiger partial charge is 0.467 e. The standard InChI is InChI=1S/C17H30O4/c1-19-16(18)17(14-21-17)11-5-2-3-6-12-20-13-7-4-8-15-9-10-15/h15H,2-14H2,1H3. The molecule has 1 saturated carbocycles. The molecule has 1 heterocycles. The van der Waals surface area contributed by atoms with Gasteiger partial charge in [-0.1, -0.05) is 38.5 Å². The van der Waals surface area contributed by atoms with Crippen LogP contribution in [0.15, 0.2) is 0 Å². The number of unbranched alkanes of at least 4 members (excludes halogenated alkanes) is 4. The van der Waals surface area contributed by atoms with Crippen molar-refractivity contribution in [3.05, 3.63) is 0 Å². The summed E-state index contributed by atoms with van der Waals surface area (Å²) >= 11 is 0. The summed E-state index contributed by atoms with van der Waals surface area (Å²) in [5, 5.41) is 0. The fourth-order valence-electron chi connectivity index (χ4n) is 2.75. The molecule has 0 N–H and O–H groups in total. The molecule has 0 aromatic rings. The van der Waals surface area contributed by atoms with Crippen molar-refractivity contribution in [2.75, 3.05) is 26.9 Å². The lowest BCUT2D eigenvalue weighted by Crippen LogP contribution is -2.25. The first-order valence-electron chi connectivity index (χ1n) is 8.57. The Labute approximate surface area is 128 Å². The summed E-state index contributed by atoms with van der Waals surface area (Å²) in [6, 6.07) is 0. The first-order chi connectivity index (χ1) is 10.3. The van der Waals surface area contributed by atoms with E-state index in [1.165, 1.54) is 45.6 Å². The molecule has 4 nitrogen and oxygen atoms in total. The molecule has 0 spiro atoms. The van der Waals surface area contributed by atoms with Gasteiger partial charge >= 0.3 is 5.97 Å². The van der Waals surface area contributed by atoms with E-state index in [1.807, 2.05) is 0 Å². The van der Waals surface area contributed by atoms with Crippen LogP contribution in [-0.2, 0) is 19.0 Å². The normalized spacial score (nSPS) is 24.0. The molecular weight excluding hydrogens is 268 g/mol. The van der Waals surface area contributed by atoms with Crippen LogP contribution in [0, 0.1) is 5.92 Å². The zero-order valence-corrected chi connectivity index (χ0v) is 13.4. The molecular formula is C17H30O4. The molecule has 1 aliphatic heterocycles. The van der Waals surface area contributed by atoms with E-state index < -0.39 is 5.60 Å². The summed E-state index contributed by atoms with van der Waals surface area (Å²) in [5.41, 5.74) is -0.590. The molecule has 0 radical (unpaired) electrons. The topological polar surface area (TPSA) is 48.1 Å². The highest BCUT2D eigenvalue weighted by Crippen LogP contribution is 2.34. The number of hydrogen-bond acceptors (Lipinski definition) is 4. The van der Waals surface area contributed by atoms with E-state index in [0.717, 1.165) is 44.8 Å². The Morgan fingerprint density at radius 2 is 1.76 bits per heavy atom. The van der Waals surface area contributed by atoms with E-state index in [0.29, 0.717) is 6.61 Å². The van der Waals surface area contributed by atoms with Crippen LogP contribution in [-0.4, -0.2) is 38.5 Å². The molecule has 1 atom stereocenters. The van der Waals surface area contributed by atoms with E-state index in [1.54, 1.807) is 0 Å². The number of carbonyl (C=O) groups excluding carboxylic acids is 1. The molecule has 0 bridgehead atoms. The van der Waals surface area contributed by atoms with Gasteiger partial charge in [-0.25, -0.2) is 4.79 Å². The second-order valence-electron chi connectivity index (χ2n) is 6.49. The van der Waals surface area contributed by atoms with Crippen molar-refractivity contribution < 1.29 is 19.0 Å². The van der Waals surface area contributed by atoms with E-state index in [-0.39, 0.29) is 5.97 Å². The third-order valence-corrected chi connectivity index (χ3v) is 4.52. The van der Waals surface area contributed by atoms with Crippen molar-refractivity contribution in [2.24, 2.45) is 5.92 Å². The lowest BCUT2D eigenvalue weighted by Gasteiger charge is -2.09. The molecule has 0 amide bonds. The SMILES string of the molecule is COC(=O)C1(CCCCCCOCCCCC2CC2)CO1. The molecule has 2 rings (SSSR count). The van der Waals surface area contributed by atoms with E-state index in [9.17, 15) is 4.79 Å². The summed E-state index contributed by atoms with van der Waals surface area (Å²) in [6.07, 6.45) is 12.1. The van der Waals surface area contributed by atoms with Crippen molar-refractivity contribution in [3.63, 3.8) is 0 Å². The molecule has 1 saturated heterocycles. The van der Waals surface area contributed by atoms with Crippen molar-refractivity contribution in [3.8, 4) is 0 Å². The first-order valence-corrected chi connectivity index (χ1v) is 8.57. The monoisotopic (exact) mass is 298 g/mol. The van der Waals surface area contributed by atoms with E-state index in [2.05, 4.69) is 0 Å². The predicted molar refractivity (Wildman–Crippen MR) is 81.2 cm³/mol. The highest BCUT2D eigenvalue weighted by molar-refractivity contribution is 5.82. The minimum atomic E-state index is -0.590. The maximum Gasteiger partial charge on any atom is 0.340 e. The first kappa shape index (κ1) is 16.8. The molecule has 21 heavy (non-hydrogen) atoms. The molecule has 0 aromatic heterocycles. The average molecular weight is 298 g/mol. The van der Waals surface area contributed by atoms with Gasteiger partial charge in [0, 0.05) is 13.2 Å². The van der Waals surface area contributed by atoms with Crippen LogP contribution in [0.3, 0.4) is 0 Å². The van der Waals surface area contributed by atoms with E-state index >= 15 is 0 Å². The van der Waals surface area contributed by atoms with Crippen molar-refractivity contribution in [2.45, 2.75) is 69.8 Å². The van der Waals surface area contributed by atoms with Gasteiger partial charge in [-0.3, -0.25) is 0 Å². The van der Waals surface area contributed by atoms with Gasteiger partial charge in [0.25, 0.3) is 0 Å². The molecule has 2 fully saturated rings. The third-order valence-electron chi connectivity index (χ3n) is 4.52. The predicted octanol–water partition coefficient (Wildman–Crippen LogP) is 3.48. The maximum absolute atomic E-state index is 11.5. The Morgan fingerprint density at radius 3 is 2.38 bits per heavy atom. The summed E-state index contributed by atoms with van der Waals surface area (Å²) in [7, 11) is 1.42. The number of carbonyl (C=O) groups is 1. The zero-order chi connectivity index (χ0) is 15.0. The van der Waals surface area contributed by atoms with Gasteiger partial charge in [-0.05, 0) is 31.6 Å². The molecule has 0 aromatic carbocycles. The van der Waals surface area contributed by atoms with Crippen LogP contribution in [0.2, 0.25) is 0 Å². The summed E-state index contributed by atoms with van der Waals surface area (Å²) < 4.78 is 15.7.